The molecule has 2 N–H and O–H groups in total. The van der Waals surface area contributed by atoms with Gasteiger partial charge in [0.25, 0.3) is 11.8 Å². The third-order valence-electron chi connectivity index (χ3n) is 2.92. The van der Waals surface area contributed by atoms with Crippen molar-refractivity contribution in [3.8, 4) is 0 Å². The van der Waals surface area contributed by atoms with Crippen LogP contribution < -0.4 is 0 Å². The van der Waals surface area contributed by atoms with Crippen molar-refractivity contribution >= 4 is 81.8 Å². The summed E-state index contributed by atoms with van der Waals surface area (Å²) in [5, 5.41) is 1.26. The van der Waals surface area contributed by atoms with E-state index >= 15 is 0 Å². The van der Waals surface area contributed by atoms with E-state index in [1.807, 2.05) is 0 Å². The number of imide groups is 1. The molecule has 2 aromatic rings. The van der Waals surface area contributed by atoms with Crippen LogP contribution in [-0.2, 0) is 9.19 Å². The van der Waals surface area contributed by atoms with E-state index in [-0.39, 0.29) is 67.6 Å². The molecular weight excluding hydrogens is 324 g/mol. The van der Waals surface area contributed by atoms with Gasteiger partial charge >= 0.3 is 59.2 Å². The average molecular weight is 333 g/mol. The summed E-state index contributed by atoms with van der Waals surface area (Å²) in [7, 11) is -5.01. The molecule has 0 aromatic heterocycles. The zero-order valence-corrected chi connectivity index (χ0v) is 10.8. The van der Waals surface area contributed by atoms with Crippen LogP contribution in [-0.4, -0.2) is 78.0 Å². The Bertz CT molecular complexity index is 751. The molecule has 0 aliphatic carbocycles. The Hall–Kier alpha value is -0.414. The summed E-state index contributed by atoms with van der Waals surface area (Å²) in [6.07, 6.45) is 0. The Morgan fingerprint density at radius 1 is 0.952 bits per heavy atom. The molecule has 1 aliphatic rings. The second-order valence-corrected chi connectivity index (χ2v) is 5.33. The first-order valence-electron chi connectivity index (χ1n) is 5.54. The van der Waals surface area contributed by atoms with Gasteiger partial charge in [-0.15, -0.1) is 5.06 Å². The van der Waals surface area contributed by atoms with Gasteiger partial charge in [-0.25, -0.2) is 4.57 Å². The molecular formula is C12H9KNO6P. The third kappa shape index (κ3) is 3.05. The fraction of sp³-hybridized carbons (Fsp3) is 0. The summed E-state index contributed by atoms with van der Waals surface area (Å²) in [5.41, 5.74) is 0.317. The number of nitrogens with zero attached hydrogens (tertiary/aromatic N) is 1. The summed E-state index contributed by atoms with van der Waals surface area (Å²) in [5.74, 6) is -1.80. The minimum absolute atomic E-state index is 0. The van der Waals surface area contributed by atoms with E-state index in [2.05, 4.69) is 4.62 Å². The van der Waals surface area contributed by atoms with Gasteiger partial charge in [0.15, 0.2) is 0 Å². The van der Waals surface area contributed by atoms with Crippen LogP contribution in [0.2, 0.25) is 0 Å². The number of hydrogen-bond donors (Lipinski definition) is 2. The van der Waals surface area contributed by atoms with E-state index in [1.165, 1.54) is 12.1 Å². The van der Waals surface area contributed by atoms with Crippen LogP contribution in [0.3, 0.4) is 0 Å². The van der Waals surface area contributed by atoms with E-state index in [0.717, 1.165) is 0 Å². The van der Waals surface area contributed by atoms with Crippen molar-refractivity contribution in [2.75, 3.05) is 0 Å². The molecule has 1 aliphatic heterocycles. The van der Waals surface area contributed by atoms with E-state index < -0.39 is 19.6 Å². The topological polar surface area (TPSA) is 104 Å². The fourth-order valence-electron chi connectivity index (χ4n) is 2.19. The molecule has 7 nitrogen and oxygen atoms in total. The molecule has 2 aromatic carbocycles. The summed E-state index contributed by atoms with van der Waals surface area (Å²) in [6, 6.07) is 9.65. The maximum absolute atomic E-state index is 12.1. The minimum atomic E-state index is -5.01. The van der Waals surface area contributed by atoms with Crippen LogP contribution in [0.5, 0.6) is 0 Å². The maximum atomic E-state index is 12.1. The van der Waals surface area contributed by atoms with Gasteiger partial charge in [0.05, 0.1) is 11.1 Å². The fourth-order valence-corrected chi connectivity index (χ4v) is 2.55. The van der Waals surface area contributed by atoms with Gasteiger partial charge in [-0.1, -0.05) is 24.3 Å². The molecule has 0 bridgehead atoms. The number of amides is 2. The molecule has 0 fully saturated rings. The predicted octanol–water partition coefficient (Wildman–Crippen LogP) is 0.812. The van der Waals surface area contributed by atoms with Gasteiger partial charge in [0, 0.05) is 5.39 Å². The van der Waals surface area contributed by atoms with Crippen LogP contribution in [0.1, 0.15) is 20.7 Å². The number of benzene rings is 2. The molecule has 0 spiro atoms. The van der Waals surface area contributed by atoms with E-state index in [1.54, 1.807) is 24.3 Å². The standard InChI is InChI=1S/C12H8NO6P.K.H/c14-11-8-5-1-3-7-4-2-6-9(10(7)8)12(15)13(11)19-20(16,17)18;;/h1-6H,(H2,16,17,18);;. The first-order valence-corrected chi connectivity index (χ1v) is 7.07. The first-order chi connectivity index (χ1) is 9.38. The molecule has 0 saturated heterocycles. The normalized spacial score (nSPS) is 14.3. The second kappa shape index (κ2) is 6.00. The van der Waals surface area contributed by atoms with Crippen molar-refractivity contribution in [2.24, 2.45) is 0 Å². The van der Waals surface area contributed by atoms with Crippen LogP contribution in [0.15, 0.2) is 36.4 Å². The quantitative estimate of drug-likeness (QED) is 0.479. The third-order valence-corrected chi connectivity index (χ3v) is 3.30. The van der Waals surface area contributed by atoms with Gasteiger partial charge in [-0.2, -0.15) is 4.62 Å². The summed E-state index contributed by atoms with van der Waals surface area (Å²) >= 11 is 0. The van der Waals surface area contributed by atoms with Crippen molar-refractivity contribution < 1.29 is 28.6 Å². The second-order valence-electron chi connectivity index (χ2n) is 4.19. The first kappa shape index (κ1) is 16.9. The van der Waals surface area contributed by atoms with Gasteiger partial charge in [0.2, 0.25) is 0 Å². The molecule has 3 rings (SSSR count). The van der Waals surface area contributed by atoms with Crippen molar-refractivity contribution in [1.82, 2.24) is 5.06 Å². The van der Waals surface area contributed by atoms with Crippen molar-refractivity contribution in [3.63, 3.8) is 0 Å². The Labute approximate surface area is 161 Å². The zero-order chi connectivity index (χ0) is 14.5. The molecule has 21 heavy (non-hydrogen) atoms. The van der Waals surface area contributed by atoms with E-state index in [9.17, 15) is 14.2 Å². The number of hydrogen-bond acceptors (Lipinski definition) is 4. The molecule has 2 amide bonds. The Morgan fingerprint density at radius 2 is 1.43 bits per heavy atom. The van der Waals surface area contributed by atoms with E-state index in [4.69, 9.17) is 9.79 Å². The zero-order valence-electron chi connectivity index (χ0n) is 9.89. The molecule has 0 radical (unpaired) electrons. The van der Waals surface area contributed by atoms with Gasteiger partial charge in [0.1, 0.15) is 0 Å². The Balaban J connectivity index is 0.00000161. The number of carbonyl (C=O) groups excluding carboxylic acids is 2. The van der Waals surface area contributed by atoms with Gasteiger partial charge in [-0.3, -0.25) is 9.59 Å². The van der Waals surface area contributed by atoms with Crippen molar-refractivity contribution in [1.29, 1.82) is 0 Å². The summed E-state index contributed by atoms with van der Waals surface area (Å²) in [6.45, 7) is 0. The van der Waals surface area contributed by atoms with Crippen LogP contribution in [0, 0.1) is 0 Å². The van der Waals surface area contributed by atoms with Crippen molar-refractivity contribution in [3.05, 3.63) is 47.5 Å². The molecule has 9 heteroatoms. The summed E-state index contributed by atoms with van der Waals surface area (Å²) < 4.78 is 15.1. The van der Waals surface area contributed by atoms with E-state index in [0.29, 0.717) is 10.8 Å². The van der Waals surface area contributed by atoms with Gasteiger partial charge in [-0.05, 0) is 17.5 Å². The molecule has 0 unspecified atom stereocenters. The van der Waals surface area contributed by atoms with Crippen LogP contribution in [0.4, 0.5) is 0 Å². The molecule has 0 atom stereocenters. The van der Waals surface area contributed by atoms with Crippen LogP contribution in [0.25, 0.3) is 10.8 Å². The van der Waals surface area contributed by atoms with Crippen molar-refractivity contribution in [2.45, 2.75) is 0 Å². The number of phosphoric acid groups is 1. The number of hydroxylamine groups is 2. The predicted molar refractivity (Wildman–Crippen MR) is 74.7 cm³/mol. The SMILES string of the molecule is O=C1c2cccc3cccc(c23)C(=O)N1OP(=O)(O)O.[KH]. The summed E-state index contributed by atoms with van der Waals surface area (Å²) in [4.78, 5) is 41.8. The molecule has 104 valence electrons. The van der Waals surface area contributed by atoms with Gasteiger partial charge < -0.3 is 9.79 Å². The Kier molecular flexibility index (Phi) is 4.84. The van der Waals surface area contributed by atoms with Crippen LogP contribution >= 0.6 is 7.82 Å². The molecule has 0 saturated carbocycles. The Morgan fingerprint density at radius 3 is 1.86 bits per heavy atom. The monoisotopic (exact) mass is 333 g/mol. The molecule has 1 heterocycles. The number of rotatable bonds is 2. The number of carbonyl (C=O) groups is 2. The average Bonchev–Trinajstić information content (AvgIpc) is 2.39.